The van der Waals surface area contributed by atoms with E-state index >= 15 is 0 Å². The molecular formula is C12H20O4. The first-order valence-corrected chi connectivity index (χ1v) is 5.72. The van der Waals surface area contributed by atoms with E-state index in [9.17, 15) is 15.0 Å². The van der Waals surface area contributed by atoms with Gasteiger partial charge in [0.2, 0.25) is 0 Å². The number of rotatable bonds is 1. The summed E-state index contributed by atoms with van der Waals surface area (Å²) in [4.78, 5) is 11.4. The summed E-state index contributed by atoms with van der Waals surface area (Å²) in [6, 6.07) is 0. The second-order valence-corrected chi connectivity index (χ2v) is 6.52. The van der Waals surface area contributed by atoms with Crippen molar-refractivity contribution in [2.24, 2.45) is 16.2 Å². The molecule has 0 amide bonds. The van der Waals surface area contributed by atoms with Gasteiger partial charge in [0.1, 0.15) is 0 Å². The molecule has 0 aromatic carbocycles. The molecule has 16 heavy (non-hydrogen) atoms. The number of carboxylic acid groups (broad SMARTS) is 1. The molecule has 4 heteroatoms. The van der Waals surface area contributed by atoms with Gasteiger partial charge in [0.25, 0.3) is 0 Å². The fourth-order valence-electron chi connectivity index (χ4n) is 3.90. The van der Waals surface area contributed by atoms with E-state index in [1.165, 1.54) is 0 Å². The number of carboxylic acids is 1. The number of fused-ring (bicyclic) bond motifs is 2. The lowest BCUT2D eigenvalue weighted by molar-refractivity contribution is -0.265. The van der Waals surface area contributed by atoms with E-state index in [-0.39, 0.29) is 5.41 Å². The van der Waals surface area contributed by atoms with Crippen LogP contribution in [0.5, 0.6) is 0 Å². The summed E-state index contributed by atoms with van der Waals surface area (Å²) in [5.41, 5.74) is -1.30. The third-order valence-corrected chi connectivity index (χ3v) is 4.14. The van der Waals surface area contributed by atoms with Crippen LogP contribution >= 0.6 is 0 Å². The van der Waals surface area contributed by atoms with Crippen LogP contribution < -0.4 is 0 Å². The molecule has 92 valence electrons. The van der Waals surface area contributed by atoms with Crippen molar-refractivity contribution in [2.45, 2.75) is 46.3 Å². The Kier molecular flexibility index (Phi) is 2.37. The van der Waals surface area contributed by atoms with E-state index < -0.39 is 23.1 Å². The molecule has 2 N–H and O–H groups in total. The molecule has 2 rings (SSSR count). The van der Waals surface area contributed by atoms with Crippen molar-refractivity contribution < 1.29 is 19.7 Å². The molecule has 0 aromatic rings. The zero-order valence-electron chi connectivity index (χ0n) is 10.1. The minimum Gasteiger partial charge on any atom is -0.481 e. The number of hydrogen-bond acceptors (Lipinski definition) is 3. The number of ether oxygens (including phenoxy) is 1. The lowest BCUT2D eigenvalue weighted by atomic mass is 9.53. The van der Waals surface area contributed by atoms with Gasteiger partial charge in [-0.3, -0.25) is 4.79 Å². The normalized spacial score (nSPS) is 52.4. The number of carbonyl (C=O) groups is 1. The summed E-state index contributed by atoms with van der Waals surface area (Å²) in [5, 5.41) is 19.2. The van der Waals surface area contributed by atoms with Gasteiger partial charge in [0, 0.05) is 5.41 Å². The highest BCUT2D eigenvalue weighted by Gasteiger charge is 2.57. The van der Waals surface area contributed by atoms with Gasteiger partial charge in [-0.2, -0.15) is 0 Å². The second kappa shape index (κ2) is 3.20. The first kappa shape index (κ1) is 11.9. The van der Waals surface area contributed by atoms with Gasteiger partial charge in [0.15, 0.2) is 6.29 Å². The topological polar surface area (TPSA) is 66.8 Å². The maximum atomic E-state index is 11.4. The Morgan fingerprint density at radius 3 is 2.44 bits per heavy atom. The molecule has 2 aliphatic rings. The van der Waals surface area contributed by atoms with Crippen LogP contribution in [0.3, 0.4) is 0 Å². The predicted octanol–water partition coefficient (Wildman–Crippen LogP) is 1.62. The lowest BCUT2D eigenvalue weighted by Crippen LogP contribution is -2.56. The maximum Gasteiger partial charge on any atom is 0.309 e. The number of aliphatic hydroxyl groups excluding tert-OH is 1. The van der Waals surface area contributed by atoms with Crippen LogP contribution in [0.15, 0.2) is 0 Å². The predicted molar refractivity (Wildman–Crippen MR) is 57.8 cm³/mol. The molecule has 1 saturated carbocycles. The number of aliphatic hydroxyl groups is 1. The first-order valence-electron chi connectivity index (χ1n) is 5.72. The Morgan fingerprint density at radius 1 is 1.25 bits per heavy atom. The molecule has 0 aromatic heterocycles. The van der Waals surface area contributed by atoms with Gasteiger partial charge in [-0.1, -0.05) is 13.8 Å². The summed E-state index contributed by atoms with van der Waals surface area (Å²) in [6.07, 6.45) is 1.10. The second-order valence-electron chi connectivity index (χ2n) is 6.52. The van der Waals surface area contributed by atoms with Crippen molar-refractivity contribution in [1.82, 2.24) is 0 Å². The van der Waals surface area contributed by atoms with Crippen molar-refractivity contribution >= 4 is 5.97 Å². The molecule has 2 fully saturated rings. The average molecular weight is 228 g/mol. The summed E-state index contributed by atoms with van der Waals surface area (Å²) < 4.78 is 5.39. The fraction of sp³-hybridized carbons (Fsp3) is 0.917. The van der Waals surface area contributed by atoms with Gasteiger partial charge < -0.3 is 14.9 Å². The van der Waals surface area contributed by atoms with Crippen molar-refractivity contribution in [1.29, 1.82) is 0 Å². The Labute approximate surface area is 95.6 Å². The Hall–Kier alpha value is -0.610. The highest BCUT2D eigenvalue weighted by molar-refractivity contribution is 5.74. The van der Waals surface area contributed by atoms with Crippen molar-refractivity contribution in [3.05, 3.63) is 0 Å². The maximum absolute atomic E-state index is 11.4. The Balaban J connectivity index is 2.36. The zero-order valence-corrected chi connectivity index (χ0v) is 10.1. The molecule has 1 saturated heterocycles. The van der Waals surface area contributed by atoms with Gasteiger partial charge >= 0.3 is 5.97 Å². The Bertz CT molecular complexity index is 329. The van der Waals surface area contributed by atoms with Gasteiger partial charge in [-0.15, -0.1) is 0 Å². The largest absolute Gasteiger partial charge is 0.481 e. The van der Waals surface area contributed by atoms with E-state index in [2.05, 4.69) is 6.92 Å². The van der Waals surface area contributed by atoms with Crippen LogP contribution in [0.25, 0.3) is 0 Å². The molecule has 1 heterocycles. The van der Waals surface area contributed by atoms with Gasteiger partial charge in [-0.25, -0.2) is 0 Å². The first-order chi connectivity index (χ1) is 7.19. The third kappa shape index (κ3) is 1.64. The van der Waals surface area contributed by atoms with Crippen molar-refractivity contribution in [2.75, 3.05) is 6.61 Å². The van der Waals surface area contributed by atoms with Crippen LogP contribution in [0.4, 0.5) is 0 Å². The fourth-order valence-corrected chi connectivity index (χ4v) is 3.90. The quantitative estimate of drug-likeness (QED) is 0.715. The van der Waals surface area contributed by atoms with E-state index in [1.807, 2.05) is 6.92 Å². The number of aliphatic carboxylic acids is 1. The summed E-state index contributed by atoms with van der Waals surface area (Å²) in [5.74, 6) is -0.765. The molecule has 4 atom stereocenters. The van der Waals surface area contributed by atoms with Crippen molar-refractivity contribution in [3.8, 4) is 0 Å². The van der Waals surface area contributed by atoms with Crippen LogP contribution in [0.1, 0.15) is 40.0 Å². The summed E-state index contributed by atoms with van der Waals surface area (Å²) >= 11 is 0. The lowest BCUT2D eigenvalue weighted by Gasteiger charge is -2.56. The molecule has 0 unspecified atom stereocenters. The van der Waals surface area contributed by atoms with Gasteiger partial charge in [0.05, 0.1) is 12.0 Å². The van der Waals surface area contributed by atoms with E-state index in [4.69, 9.17) is 4.74 Å². The van der Waals surface area contributed by atoms with Crippen LogP contribution in [0.2, 0.25) is 0 Å². The average Bonchev–Trinajstić information content (AvgIpc) is 2.10. The molecule has 1 aliphatic carbocycles. The molecule has 1 aliphatic heterocycles. The molecule has 2 bridgehead atoms. The van der Waals surface area contributed by atoms with E-state index in [1.54, 1.807) is 6.92 Å². The summed E-state index contributed by atoms with van der Waals surface area (Å²) in [7, 11) is 0. The molecule has 0 spiro atoms. The van der Waals surface area contributed by atoms with Crippen LogP contribution in [-0.2, 0) is 9.53 Å². The molecule has 4 nitrogen and oxygen atoms in total. The van der Waals surface area contributed by atoms with Crippen LogP contribution in [0, 0.1) is 16.2 Å². The standard InChI is InChI=1S/C12H20O4/c1-10-4-11(2,8(13)14)6-12(3,5-10)9(15)16-7-10/h9,15H,4-7H2,1-3H3,(H,13,14)/t9-,10+,11-,12+/m1/s1. The molecular weight excluding hydrogens is 208 g/mol. The third-order valence-electron chi connectivity index (χ3n) is 4.14. The van der Waals surface area contributed by atoms with Gasteiger partial charge in [-0.05, 0) is 31.6 Å². The van der Waals surface area contributed by atoms with Crippen LogP contribution in [-0.4, -0.2) is 29.1 Å². The zero-order chi connectivity index (χ0) is 12.2. The highest BCUT2D eigenvalue weighted by Crippen LogP contribution is 2.58. The minimum atomic E-state index is -0.834. The summed E-state index contributed by atoms with van der Waals surface area (Å²) in [6.45, 7) is 6.21. The van der Waals surface area contributed by atoms with Crippen molar-refractivity contribution in [3.63, 3.8) is 0 Å². The number of hydrogen-bond donors (Lipinski definition) is 2. The smallest absolute Gasteiger partial charge is 0.309 e. The van der Waals surface area contributed by atoms with E-state index in [0.717, 1.165) is 6.42 Å². The monoisotopic (exact) mass is 228 g/mol. The minimum absolute atomic E-state index is 0.126. The Morgan fingerprint density at radius 2 is 1.88 bits per heavy atom. The van der Waals surface area contributed by atoms with E-state index in [0.29, 0.717) is 19.4 Å². The SMILES string of the molecule is C[C@@]12CO[C@@H](O)[C@@](C)(C1)C[C@](C)(C(=O)O)C2. The molecule has 0 radical (unpaired) electrons. The highest BCUT2D eigenvalue weighted by atomic mass is 16.6.